The molecule has 1 aromatic carbocycles. The highest BCUT2D eigenvalue weighted by Crippen LogP contribution is 2.21. The van der Waals surface area contributed by atoms with Gasteiger partial charge in [-0.2, -0.15) is 0 Å². The van der Waals surface area contributed by atoms with Crippen LogP contribution in [0.25, 0.3) is 0 Å². The Bertz CT molecular complexity index is 518. The lowest BCUT2D eigenvalue weighted by molar-refractivity contribution is 0.341. The molecule has 0 spiro atoms. The van der Waals surface area contributed by atoms with Crippen molar-refractivity contribution in [3.05, 3.63) is 40.2 Å². The van der Waals surface area contributed by atoms with Crippen LogP contribution in [0.3, 0.4) is 0 Å². The van der Waals surface area contributed by atoms with Gasteiger partial charge in [-0.05, 0) is 19.1 Å². The summed E-state index contributed by atoms with van der Waals surface area (Å²) in [5, 5.41) is 0.617. The number of ether oxygens (including phenoxy) is 1. The van der Waals surface area contributed by atoms with E-state index in [-0.39, 0.29) is 5.82 Å². The molecule has 0 aliphatic heterocycles. The Morgan fingerprint density at radius 2 is 2.10 bits per heavy atom. The second kappa shape index (κ2) is 6.90. The average Bonchev–Trinajstić information content (AvgIpc) is 2.32. The third-order valence-corrected chi connectivity index (χ3v) is 3.54. The number of thioether (sulfide) groups is 1. The van der Waals surface area contributed by atoms with E-state index in [1.54, 1.807) is 12.1 Å². The number of hydrogen-bond acceptors (Lipinski definition) is 5. The van der Waals surface area contributed by atoms with Crippen LogP contribution in [-0.4, -0.2) is 22.3 Å². The highest BCUT2D eigenvalue weighted by atomic mass is 79.9. The fourth-order valence-corrected chi connectivity index (χ4v) is 2.71. The summed E-state index contributed by atoms with van der Waals surface area (Å²) in [5.41, 5.74) is 6.47. The van der Waals surface area contributed by atoms with Crippen molar-refractivity contribution in [2.75, 3.05) is 18.1 Å². The fourth-order valence-electron chi connectivity index (χ4n) is 1.53. The van der Waals surface area contributed by atoms with Gasteiger partial charge in [0, 0.05) is 28.1 Å². The summed E-state index contributed by atoms with van der Waals surface area (Å²) in [6.07, 6.45) is 0. The topological polar surface area (TPSA) is 61.0 Å². The van der Waals surface area contributed by atoms with Gasteiger partial charge >= 0.3 is 0 Å². The van der Waals surface area contributed by atoms with Gasteiger partial charge < -0.3 is 10.5 Å². The molecule has 0 aliphatic carbocycles. The number of aromatic nitrogens is 2. The summed E-state index contributed by atoms with van der Waals surface area (Å²) in [6.45, 7) is 2.29. The van der Waals surface area contributed by atoms with Crippen molar-refractivity contribution in [3.8, 4) is 5.75 Å². The van der Waals surface area contributed by atoms with Crippen LogP contribution >= 0.6 is 27.7 Å². The van der Waals surface area contributed by atoms with E-state index in [2.05, 4.69) is 25.9 Å². The summed E-state index contributed by atoms with van der Waals surface area (Å²) >= 11 is 4.66. The summed E-state index contributed by atoms with van der Waals surface area (Å²) in [6, 6.07) is 6.15. The predicted octanol–water partition coefficient (Wildman–Crippen LogP) is 3.44. The highest BCUT2D eigenvalue weighted by Gasteiger charge is 2.03. The van der Waals surface area contributed by atoms with Gasteiger partial charge in [-0.3, -0.25) is 0 Å². The van der Waals surface area contributed by atoms with Crippen molar-refractivity contribution in [2.24, 2.45) is 0 Å². The van der Waals surface area contributed by atoms with Gasteiger partial charge in [0.1, 0.15) is 17.4 Å². The monoisotopic (exact) mass is 357 g/mol. The maximum atomic E-state index is 13.1. The van der Waals surface area contributed by atoms with E-state index in [4.69, 9.17) is 10.5 Å². The molecule has 2 aromatic rings. The molecule has 0 unspecified atom stereocenters. The molecule has 0 amide bonds. The summed E-state index contributed by atoms with van der Waals surface area (Å²) in [5.74, 6) is 1.26. The second-order valence-electron chi connectivity index (χ2n) is 4.02. The van der Waals surface area contributed by atoms with E-state index >= 15 is 0 Å². The van der Waals surface area contributed by atoms with Crippen LogP contribution in [0, 0.1) is 12.7 Å². The zero-order valence-corrected chi connectivity index (χ0v) is 13.2. The fraction of sp³-hybridized carbons (Fsp3) is 0.231. The third kappa shape index (κ3) is 4.64. The molecule has 0 atom stereocenters. The zero-order valence-electron chi connectivity index (χ0n) is 10.8. The Hall–Kier alpha value is -1.34. The minimum absolute atomic E-state index is 0.336. The number of halogens is 2. The molecule has 0 radical (unpaired) electrons. The molecule has 0 saturated heterocycles. The Balaban J connectivity index is 1.84. The molecule has 0 saturated carbocycles. The van der Waals surface area contributed by atoms with Crippen LogP contribution in [-0.2, 0) is 0 Å². The lowest BCUT2D eigenvalue weighted by Gasteiger charge is -2.07. The maximum Gasteiger partial charge on any atom is 0.189 e. The Morgan fingerprint density at radius 1 is 1.30 bits per heavy atom. The van der Waals surface area contributed by atoms with Gasteiger partial charge in [0.05, 0.1) is 6.61 Å². The number of hydrogen-bond donors (Lipinski definition) is 1. The predicted molar refractivity (Wildman–Crippen MR) is 81.5 cm³/mol. The van der Waals surface area contributed by atoms with E-state index in [1.165, 1.54) is 23.9 Å². The Kier molecular flexibility index (Phi) is 5.19. The van der Waals surface area contributed by atoms with Gasteiger partial charge in [0.15, 0.2) is 5.16 Å². The van der Waals surface area contributed by atoms with Gasteiger partial charge in [0.25, 0.3) is 0 Å². The lowest BCUT2D eigenvalue weighted by atomic mass is 10.3. The third-order valence-electron chi connectivity index (χ3n) is 2.27. The first kappa shape index (κ1) is 15.1. The molecule has 0 aliphatic rings. The van der Waals surface area contributed by atoms with E-state index in [9.17, 15) is 4.39 Å². The van der Waals surface area contributed by atoms with Crippen molar-refractivity contribution < 1.29 is 9.13 Å². The number of nitrogens with zero attached hydrogens (tertiary/aromatic N) is 2. The van der Waals surface area contributed by atoms with Crippen molar-refractivity contribution in [2.45, 2.75) is 12.1 Å². The lowest BCUT2D eigenvalue weighted by Crippen LogP contribution is -2.02. The number of rotatable bonds is 5. The van der Waals surface area contributed by atoms with Crippen LogP contribution in [0.2, 0.25) is 0 Å². The quantitative estimate of drug-likeness (QED) is 0.504. The molecular weight excluding hydrogens is 345 g/mol. The number of aryl methyl sites for hydroxylation is 1. The SMILES string of the molecule is Cc1cc(N)nc(SCCOc2cc(F)cc(Br)c2)n1. The Labute approximate surface area is 129 Å². The first-order valence-corrected chi connectivity index (χ1v) is 7.63. The van der Waals surface area contributed by atoms with Gasteiger partial charge in [-0.15, -0.1) is 0 Å². The molecule has 2 rings (SSSR count). The van der Waals surface area contributed by atoms with Crippen LogP contribution < -0.4 is 10.5 Å². The number of anilines is 1. The molecule has 20 heavy (non-hydrogen) atoms. The molecule has 0 bridgehead atoms. The summed E-state index contributed by atoms with van der Waals surface area (Å²) < 4.78 is 19.3. The minimum Gasteiger partial charge on any atom is -0.493 e. The van der Waals surface area contributed by atoms with Gasteiger partial charge in [-0.25, -0.2) is 14.4 Å². The number of nitrogens with two attached hydrogens (primary N) is 1. The van der Waals surface area contributed by atoms with Crippen molar-refractivity contribution in [1.82, 2.24) is 9.97 Å². The Morgan fingerprint density at radius 3 is 2.80 bits per heavy atom. The normalized spacial score (nSPS) is 10.6. The molecule has 1 aromatic heterocycles. The summed E-state index contributed by atoms with van der Waals surface area (Å²) in [7, 11) is 0. The molecule has 106 valence electrons. The van der Waals surface area contributed by atoms with E-state index < -0.39 is 0 Å². The second-order valence-corrected chi connectivity index (χ2v) is 6.00. The van der Waals surface area contributed by atoms with Crippen molar-refractivity contribution in [1.29, 1.82) is 0 Å². The highest BCUT2D eigenvalue weighted by molar-refractivity contribution is 9.10. The minimum atomic E-state index is -0.336. The molecule has 7 heteroatoms. The average molecular weight is 358 g/mol. The first-order chi connectivity index (χ1) is 9.52. The van der Waals surface area contributed by atoms with Crippen molar-refractivity contribution >= 4 is 33.5 Å². The van der Waals surface area contributed by atoms with Crippen LogP contribution in [0.4, 0.5) is 10.2 Å². The maximum absolute atomic E-state index is 13.1. The standard InChI is InChI=1S/C13H13BrFN3OS/c1-8-4-12(16)18-13(17-8)20-3-2-19-11-6-9(14)5-10(15)7-11/h4-7H,2-3H2,1H3,(H2,16,17,18). The van der Waals surface area contributed by atoms with E-state index in [0.717, 1.165) is 5.69 Å². The molecule has 4 nitrogen and oxygen atoms in total. The van der Waals surface area contributed by atoms with Crippen LogP contribution in [0.1, 0.15) is 5.69 Å². The zero-order chi connectivity index (χ0) is 14.5. The molecule has 2 N–H and O–H groups in total. The molecule has 0 fully saturated rings. The smallest absolute Gasteiger partial charge is 0.189 e. The first-order valence-electron chi connectivity index (χ1n) is 5.86. The molecule has 1 heterocycles. The van der Waals surface area contributed by atoms with E-state index in [0.29, 0.717) is 33.6 Å². The van der Waals surface area contributed by atoms with Crippen molar-refractivity contribution in [3.63, 3.8) is 0 Å². The summed E-state index contributed by atoms with van der Waals surface area (Å²) in [4.78, 5) is 8.37. The van der Waals surface area contributed by atoms with Gasteiger partial charge in [-0.1, -0.05) is 27.7 Å². The number of nitrogen functional groups attached to an aromatic ring is 1. The van der Waals surface area contributed by atoms with Gasteiger partial charge in [0.2, 0.25) is 0 Å². The molecular formula is C13H13BrFN3OS. The van der Waals surface area contributed by atoms with Crippen LogP contribution in [0.15, 0.2) is 33.9 Å². The van der Waals surface area contributed by atoms with E-state index in [1.807, 2.05) is 6.92 Å². The largest absolute Gasteiger partial charge is 0.493 e. The number of benzene rings is 1. The van der Waals surface area contributed by atoms with Crippen LogP contribution in [0.5, 0.6) is 5.75 Å².